The minimum Gasteiger partial charge on any atom is -0.477 e. The Labute approximate surface area is 109 Å². The molecule has 0 spiro atoms. The molecule has 2 heterocycles. The van der Waals surface area contributed by atoms with Gasteiger partial charge in [0.1, 0.15) is 5.69 Å². The van der Waals surface area contributed by atoms with E-state index in [-0.39, 0.29) is 17.5 Å². The smallest absolute Gasteiger partial charge is 0.352 e. The van der Waals surface area contributed by atoms with Crippen LogP contribution in [0.15, 0.2) is 12.3 Å². The van der Waals surface area contributed by atoms with Gasteiger partial charge in [-0.05, 0) is 25.7 Å². The molecule has 1 unspecified atom stereocenters. The molecule has 1 N–H and O–H groups in total. The number of nitrogens with zero attached hydrogens (tertiary/aromatic N) is 2. The van der Waals surface area contributed by atoms with E-state index in [4.69, 9.17) is 9.84 Å². The van der Waals surface area contributed by atoms with E-state index >= 15 is 0 Å². The van der Waals surface area contributed by atoms with Crippen molar-refractivity contribution < 1.29 is 19.6 Å². The van der Waals surface area contributed by atoms with Crippen molar-refractivity contribution in [2.45, 2.75) is 38.3 Å². The summed E-state index contributed by atoms with van der Waals surface area (Å²) in [6.45, 7) is 1.25. The molecule has 7 nitrogen and oxygen atoms in total. The lowest BCUT2D eigenvalue weighted by Gasteiger charge is -2.10. The predicted molar refractivity (Wildman–Crippen MR) is 66.3 cm³/mol. The average molecular weight is 268 g/mol. The van der Waals surface area contributed by atoms with Gasteiger partial charge in [0.05, 0.1) is 17.2 Å². The van der Waals surface area contributed by atoms with E-state index in [2.05, 4.69) is 0 Å². The Morgan fingerprint density at radius 1 is 1.63 bits per heavy atom. The zero-order valence-electron chi connectivity index (χ0n) is 10.4. The topological polar surface area (TPSA) is 94.6 Å². The molecule has 0 amide bonds. The fourth-order valence-corrected chi connectivity index (χ4v) is 2.32. The first-order chi connectivity index (χ1) is 9.08. The molecule has 0 radical (unpaired) electrons. The summed E-state index contributed by atoms with van der Waals surface area (Å²) in [5, 5.41) is 19.7. The van der Waals surface area contributed by atoms with Crippen molar-refractivity contribution in [3.05, 3.63) is 28.1 Å². The monoisotopic (exact) mass is 268 g/mol. The quantitative estimate of drug-likeness (QED) is 0.629. The molecule has 1 aliphatic rings. The van der Waals surface area contributed by atoms with E-state index < -0.39 is 10.9 Å². The Morgan fingerprint density at radius 3 is 3.00 bits per heavy atom. The van der Waals surface area contributed by atoms with E-state index in [1.807, 2.05) is 0 Å². The number of aromatic carboxylic acids is 1. The molecule has 1 fully saturated rings. The molecule has 0 aliphatic carbocycles. The van der Waals surface area contributed by atoms with Crippen LogP contribution >= 0.6 is 0 Å². The molecule has 1 saturated heterocycles. The molecular formula is C12H16N2O5. The fraction of sp³-hybridized carbons (Fsp3) is 0.583. The van der Waals surface area contributed by atoms with Crippen LogP contribution < -0.4 is 0 Å². The molecule has 0 bridgehead atoms. The Bertz CT molecular complexity index is 476. The van der Waals surface area contributed by atoms with Gasteiger partial charge >= 0.3 is 5.97 Å². The van der Waals surface area contributed by atoms with Crippen LogP contribution in [0.1, 0.15) is 36.2 Å². The zero-order chi connectivity index (χ0) is 13.8. The van der Waals surface area contributed by atoms with Crippen LogP contribution in [-0.2, 0) is 11.3 Å². The van der Waals surface area contributed by atoms with Gasteiger partial charge in [0, 0.05) is 19.2 Å². The first-order valence-corrected chi connectivity index (χ1v) is 6.27. The summed E-state index contributed by atoms with van der Waals surface area (Å²) in [5.41, 5.74) is -0.228. The van der Waals surface area contributed by atoms with E-state index in [0.29, 0.717) is 6.54 Å². The second kappa shape index (κ2) is 5.83. The minimum absolute atomic E-state index is 0.0426. The Balaban J connectivity index is 1.97. The number of ether oxygens (including phenoxy) is 1. The van der Waals surface area contributed by atoms with Gasteiger partial charge in [0.2, 0.25) is 0 Å². The number of aromatic nitrogens is 1. The van der Waals surface area contributed by atoms with E-state index in [9.17, 15) is 14.9 Å². The highest BCUT2D eigenvalue weighted by Crippen LogP contribution is 2.20. The molecule has 104 valence electrons. The summed E-state index contributed by atoms with van der Waals surface area (Å²) in [4.78, 5) is 21.1. The van der Waals surface area contributed by atoms with E-state index in [0.717, 1.165) is 38.4 Å². The molecule has 1 atom stereocenters. The largest absolute Gasteiger partial charge is 0.477 e. The lowest BCUT2D eigenvalue weighted by atomic mass is 10.1. The van der Waals surface area contributed by atoms with Gasteiger partial charge in [-0.25, -0.2) is 4.79 Å². The van der Waals surface area contributed by atoms with Gasteiger partial charge in [-0.3, -0.25) is 10.1 Å². The van der Waals surface area contributed by atoms with Crippen molar-refractivity contribution in [2.75, 3.05) is 6.61 Å². The zero-order valence-corrected chi connectivity index (χ0v) is 10.4. The fourth-order valence-electron chi connectivity index (χ4n) is 2.32. The number of rotatable bonds is 6. The number of nitro groups is 1. The summed E-state index contributed by atoms with van der Waals surface area (Å²) in [7, 11) is 0. The minimum atomic E-state index is -1.15. The Hall–Kier alpha value is -1.89. The summed E-state index contributed by atoms with van der Waals surface area (Å²) in [5.74, 6) is -1.15. The van der Waals surface area contributed by atoms with Crippen molar-refractivity contribution in [2.24, 2.45) is 0 Å². The first kappa shape index (κ1) is 13.5. The van der Waals surface area contributed by atoms with Crippen molar-refractivity contribution in [1.82, 2.24) is 4.57 Å². The Kier molecular flexibility index (Phi) is 4.16. The van der Waals surface area contributed by atoms with Crippen molar-refractivity contribution >= 4 is 11.7 Å². The number of hydrogen-bond donors (Lipinski definition) is 1. The summed E-state index contributed by atoms with van der Waals surface area (Å²) >= 11 is 0. The molecule has 0 aromatic carbocycles. The molecule has 19 heavy (non-hydrogen) atoms. The third-order valence-electron chi connectivity index (χ3n) is 3.26. The molecular weight excluding hydrogens is 252 g/mol. The van der Waals surface area contributed by atoms with Crippen molar-refractivity contribution in [3.63, 3.8) is 0 Å². The lowest BCUT2D eigenvalue weighted by molar-refractivity contribution is -0.384. The van der Waals surface area contributed by atoms with Crippen LogP contribution in [0, 0.1) is 10.1 Å². The molecule has 0 saturated carbocycles. The van der Waals surface area contributed by atoms with Crippen LogP contribution in [0.4, 0.5) is 5.69 Å². The predicted octanol–water partition coefficient (Wildman–Crippen LogP) is 2.05. The van der Waals surface area contributed by atoms with E-state index in [1.165, 1.54) is 10.8 Å². The van der Waals surface area contributed by atoms with Crippen LogP contribution in [0.5, 0.6) is 0 Å². The van der Waals surface area contributed by atoms with Gasteiger partial charge in [-0.1, -0.05) is 0 Å². The summed E-state index contributed by atoms with van der Waals surface area (Å²) in [6.07, 6.45) is 5.23. The van der Waals surface area contributed by atoms with Crippen LogP contribution in [-0.4, -0.2) is 33.3 Å². The summed E-state index contributed by atoms with van der Waals surface area (Å²) < 4.78 is 6.90. The van der Waals surface area contributed by atoms with Crippen molar-refractivity contribution in [1.29, 1.82) is 0 Å². The van der Waals surface area contributed by atoms with Gasteiger partial charge < -0.3 is 14.4 Å². The third kappa shape index (κ3) is 3.31. The second-order valence-electron chi connectivity index (χ2n) is 4.62. The highest BCUT2D eigenvalue weighted by Gasteiger charge is 2.19. The molecule has 1 aliphatic heterocycles. The van der Waals surface area contributed by atoms with Crippen molar-refractivity contribution in [3.8, 4) is 0 Å². The highest BCUT2D eigenvalue weighted by atomic mass is 16.6. The maximum Gasteiger partial charge on any atom is 0.352 e. The van der Waals surface area contributed by atoms with Crippen LogP contribution in [0.2, 0.25) is 0 Å². The standard InChI is InChI=1S/C12H16N2O5/c15-12(16)11-7-9(14(17)18)8-13(11)5-1-3-10-4-2-6-19-10/h7-8,10H,1-6H2,(H,15,16). The number of carbonyl (C=O) groups is 1. The Morgan fingerprint density at radius 2 is 2.42 bits per heavy atom. The van der Waals surface area contributed by atoms with Crippen LogP contribution in [0.3, 0.4) is 0 Å². The van der Waals surface area contributed by atoms with Gasteiger partial charge in [0.25, 0.3) is 5.69 Å². The maximum absolute atomic E-state index is 11.0. The normalized spacial score (nSPS) is 18.6. The molecule has 1 aromatic heterocycles. The molecule has 1 aromatic rings. The van der Waals surface area contributed by atoms with Gasteiger partial charge in [-0.2, -0.15) is 0 Å². The maximum atomic E-state index is 11.0. The van der Waals surface area contributed by atoms with Gasteiger partial charge in [-0.15, -0.1) is 0 Å². The van der Waals surface area contributed by atoms with Gasteiger partial charge in [0.15, 0.2) is 0 Å². The number of carboxylic acids is 1. The average Bonchev–Trinajstić information content (AvgIpc) is 2.97. The lowest BCUT2D eigenvalue weighted by Crippen LogP contribution is -2.10. The summed E-state index contributed by atoms with van der Waals surface area (Å²) in [6, 6.07) is 1.09. The number of carboxylic acid groups (broad SMARTS) is 1. The van der Waals surface area contributed by atoms with E-state index in [1.54, 1.807) is 0 Å². The second-order valence-corrected chi connectivity index (χ2v) is 4.62. The number of hydrogen-bond acceptors (Lipinski definition) is 4. The SMILES string of the molecule is O=C(O)c1cc([N+](=O)[O-])cn1CCCC1CCCO1. The van der Waals surface area contributed by atoms with Crippen LogP contribution in [0.25, 0.3) is 0 Å². The third-order valence-corrected chi connectivity index (χ3v) is 3.26. The first-order valence-electron chi connectivity index (χ1n) is 6.27. The number of aryl methyl sites for hydroxylation is 1. The molecule has 7 heteroatoms. The molecule has 2 rings (SSSR count). The highest BCUT2D eigenvalue weighted by molar-refractivity contribution is 5.86.